The minimum absolute atomic E-state index is 0.0258. The molecule has 0 saturated carbocycles. The van der Waals surface area contributed by atoms with Gasteiger partial charge in [-0.2, -0.15) is 0 Å². The molecular formula is C14H19ClFN3O. The summed E-state index contributed by atoms with van der Waals surface area (Å²) in [6, 6.07) is 4.68. The fourth-order valence-corrected chi connectivity index (χ4v) is 2.57. The number of nitrogens with zero attached hydrogens (tertiary/aromatic N) is 1. The van der Waals surface area contributed by atoms with Gasteiger partial charge in [-0.05, 0) is 13.0 Å². The molecule has 1 fully saturated rings. The number of carbonyl (C=O) groups excluding carboxylic acids is 1. The number of nitrogens with one attached hydrogen (secondary N) is 2. The minimum atomic E-state index is -0.401. The quantitative estimate of drug-likeness (QED) is 0.883. The first-order valence-corrected chi connectivity index (χ1v) is 7.16. The molecule has 1 aliphatic heterocycles. The van der Waals surface area contributed by atoms with Crippen LogP contribution in [-0.2, 0) is 11.3 Å². The first-order valence-electron chi connectivity index (χ1n) is 6.79. The number of rotatable bonds is 4. The van der Waals surface area contributed by atoms with Crippen LogP contribution in [0.25, 0.3) is 0 Å². The highest BCUT2D eigenvalue weighted by Crippen LogP contribution is 2.20. The van der Waals surface area contributed by atoms with Crippen LogP contribution < -0.4 is 10.6 Å². The minimum Gasteiger partial charge on any atom is -0.355 e. The maximum Gasteiger partial charge on any atom is 0.238 e. The maximum atomic E-state index is 14.0. The zero-order valence-corrected chi connectivity index (χ0v) is 12.2. The standard InChI is InChI=1S/C14H19ClFN3O/c1-2-18-14(20)12-8-17-6-7-19(12)9-10-4-3-5-11(15)13(10)16/h3-5,12,17H,2,6-9H2,1H3,(H,18,20). The van der Waals surface area contributed by atoms with Crippen molar-refractivity contribution in [1.82, 2.24) is 15.5 Å². The number of hydrogen-bond donors (Lipinski definition) is 2. The van der Waals surface area contributed by atoms with Crippen molar-refractivity contribution in [3.63, 3.8) is 0 Å². The average Bonchev–Trinajstić information content (AvgIpc) is 2.45. The molecule has 0 bridgehead atoms. The van der Waals surface area contributed by atoms with Gasteiger partial charge in [0.05, 0.1) is 5.02 Å². The third kappa shape index (κ3) is 3.48. The summed E-state index contributed by atoms with van der Waals surface area (Å²) in [6.45, 7) is 4.93. The molecular weight excluding hydrogens is 281 g/mol. The van der Waals surface area contributed by atoms with E-state index in [0.717, 1.165) is 6.54 Å². The first kappa shape index (κ1) is 15.2. The molecule has 0 aromatic heterocycles. The van der Waals surface area contributed by atoms with Crippen molar-refractivity contribution in [2.45, 2.75) is 19.5 Å². The molecule has 1 heterocycles. The van der Waals surface area contributed by atoms with Crippen molar-refractivity contribution in [2.75, 3.05) is 26.2 Å². The third-order valence-corrected chi connectivity index (χ3v) is 3.70. The number of benzene rings is 1. The van der Waals surface area contributed by atoms with Gasteiger partial charge in [0.25, 0.3) is 0 Å². The summed E-state index contributed by atoms with van der Waals surface area (Å²) >= 11 is 5.80. The molecule has 2 N–H and O–H groups in total. The van der Waals surface area contributed by atoms with Gasteiger partial charge in [-0.15, -0.1) is 0 Å². The Morgan fingerprint density at radius 1 is 1.60 bits per heavy atom. The van der Waals surface area contributed by atoms with Crippen LogP contribution in [0.5, 0.6) is 0 Å². The Labute approximate surface area is 123 Å². The molecule has 1 atom stereocenters. The number of carbonyl (C=O) groups is 1. The number of hydrogen-bond acceptors (Lipinski definition) is 3. The van der Waals surface area contributed by atoms with E-state index in [1.807, 2.05) is 11.8 Å². The Hall–Kier alpha value is -1.17. The predicted octanol–water partition coefficient (Wildman–Crippen LogP) is 1.39. The Bertz CT molecular complexity index is 483. The molecule has 110 valence electrons. The summed E-state index contributed by atoms with van der Waals surface area (Å²) in [6.07, 6.45) is 0. The summed E-state index contributed by atoms with van der Waals surface area (Å²) in [5, 5.41) is 6.13. The van der Waals surface area contributed by atoms with E-state index in [9.17, 15) is 9.18 Å². The van der Waals surface area contributed by atoms with E-state index in [4.69, 9.17) is 11.6 Å². The highest BCUT2D eigenvalue weighted by atomic mass is 35.5. The second kappa shape index (κ2) is 7.02. The van der Waals surface area contributed by atoms with Crippen LogP contribution in [0.15, 0.2) is 18.2 Å². The van der Waals surface area contributed by atoms with Crippen molar-refractivity contribution in [3.8, 4) is 0 Å². The molecule has 20 heavy (non-hydrogen) atoms. The lowest BCUT2D eigenvalue weighted by atomic mass is 10.1. The van der Waals surface area contributed by atoms with Gasteiger partial charge in [0.15, 0.2) is 0 Å². The number of likely N-dealkylation sites (N-methyl/N-ethyl adjacent to an activating group) is 1. The van der Waals surface area contributed by atoms with Crippen molar-refractivity contribution in [3.05, 3.63) is 34.6 Å². The summed E-state index contributed by atoms with van der Waals surface area (Å²) in [5.41, 5.74) is 0.522. The van der Waals surface area contributed by atoms with E-state index in [1.54, 1.807) is 12.1 Å². The van der Waals surface area contributed by atoms with E-state index in [1.165, 1.54) is 6.07 Å². The van der Waals surface area contributed by atoms with Crippen molar-refractivity contribution in [1.29, 1.82) is 0 Å². The smallest absolute Gasteiger partial charge is 0.238 e. The van der Waals surface area contributed by atoms with Crippen LogP contribution in [-0.4, -0.2) is 43.0 Å². The largest absolute Gasteiger partial charge is 0.355 e. The van der Waals surface area contributed by atoms with E-state index in [0.29, 0.717) is 31.7 Å². The lowest BCUT2D eigenvalue weighted by molar-refractivity contribution is -0.127. The molecule has 2 rings (SSSR count). The number of amides is 1. The predicted molar refractivity (Wildman–Crippen MR) is 77.2 cm³/mol. The zero-order chi connectivity index (χ0) is 14.5. The van der Waals surface area contributed by atoms with Gasteiger partial charge in [0, 0.05) is 38.3 Å². The lowest BCUT2D eigenvalue weighted by Gasteiger charge is -2.35. The van der Waals surface area contributed by atoms with Crippen molar-refractivity contribution < 1.29 is 9.18 Å². The summed E-state index contributed by atoms with van der Waals surface area (Å²) < 4.78 is 14.0. The maximum absolute atomic E-state index is 14.0. The van der Waals surface area contributed by atoms with Crippen molar-refractivity contribution in [2.24, 2.45) is 0 Å². The van der Waals surface area contributed by atoms with Crippen LogP contribution in [0.1, 0.15) is 12.5 Å². The van der Waals surface area contributed by atoms with Crippen molar-refractivity contribution >= 4 is 17.5 Å². The van der Waals surface area contributed by atoms with Crippen LogP contribution in [0.3, 0.4) is 0 Å². The molecule has 1 aromatic carbocycles. The van der Waals surface area contributed by atoms with E-state index >= 15 is 0 Å². The lowest BCUT2D eigenvalue weighted by Crippen LogP contribution is -2.57. The number of halogens is 2. The van der Waals surface area contributed by atoms with E-state index in [-0.39, 0.29) is 17.0 Å². The molecule has 4 nitrogen and oxygen atoms in total. The summed E-state index contributed by atoms with van der Waals surface area (Å²) in [5.74, 6) is -0.426. The normalized spacial score (nSPS) is 19.9. The Morgan fingerprint density at radius 3 is 3.15 bits per heavy atom. The molecule has 1 unspecified atom stereocenters. The van der Waals surface area contributed by atoms with Crippen LogP contribution in [0.4, 0.5) is 4.39 Å². The molecule has 1 saturated heterocycles. The van der Waals surface area contributed by atoms with Crippen LogP contribution in [0, 0.1) is 5.82 Å². The fourth-order valence-electron chi connectivity index (χ4n) is 2.38. The molecule has 1 aromatic rings. The van der Waals surface area contributed by atoms with E-state index in [2.05, 4.69) is 10.6 Å². The monoisotopic (exact) mass is 299 g/mol. The van der Waals surface area contributed by atoms with Crippen LogP contribution >= 0.6 is 11.6 Å². The van der Waals surface area contributed by atoms with Gasteiger partial charge in [-0.25, -0.2) is 4.39 Å². The van der Waals surface area contributed by atoms with E-state index < -0.39 is 5.82 Å². The van der Waals surface area contributed by atoms with Gasteiger partial charge in [-0.3, -0.25) is 9.69 Å². The van der Waals surface area contributed by atoms with Gasteiger partial charge >= 0.3 is 0 Å². The Balaban J connectivity index is 2.12. The van der Waals surface area contributed by atoms with Gasteiger partial charge in [0.1, 0.15) is 11.9 Å². The van der Waals surface area contributed by atoms with Gasteiger partial charge in [0.2, 0.25) is 5.91 Å². The molecule has 6 heteroatoms. The second-order valence-electron chi connectivity index (χ2n) is 4.80. The van der Waals surface area contributed by atoms with Crippen LogP contribution in [0.2, 0.25) is 5.02 Å². The highest BCUT2D eigenvalue weighted by molar-refractivity contribution is 6.30. The SMILES string of the molecule is CCNC(=O)C1CNCCN1Cc1cccc(Cl)c1F. The molecule has 0 spiro atoms. The zero-order valence-electron chi connectivity index (χ0n) is 11.5. The molecule has 0 radical (unpaired) electrons. The Kier molecular flexibility index (Phi) is 5.34. The third-order valence-electron chi connectivity index (χ3n) is 3.41. The Morgan fingerprint density at radius 2 is 2.40 bits per heavy atom. The van der Waals surface area contributed by atoms with Gasteiger partial charge < -0.3 is 10.6 Å². The second-order valence-corrected chi connectivity index (χ2v) is 5.21. The topological polar surface area (TPSA) is 44.4 Å². The summed E-state index contributed by atoms with van der Waals surface area (Å²) in [7, 11) is 0. The summed E-state index contributed by atoms with van der Waals surface area (Å²) in [4.78, 5) is 14.0. The molecule has 1 aliphatic rings. The first-order chi connectivity index (χ1) is 9.63. The average molecular weight is 300 g/mol. The molecule has 1 amide bonds. The number of piperazine rings is 1. The van der Waals surface area contributed by atoms with Gasteiger partial charge in [-0.1, -0.05) is 23.7 Å². The fraction of sp³-hybridized carbons (Fsp3) is 0.500. The highest BCUT2D eigenvalue weighted by Gasteiger charge is 2.28. The molecule has 0 aliphatic carbocycles.